The van der Waals surface area contributed by atoms with Crippen LogP contribution >= 0.6 is 0 Å². The largest absolute Gasteiger partial charge is 0.355 e. The van der Waals surface area contributed by atoms with Gasteiger partial charge < -0.3 is 15.5 Å². The van der Waals surface area contributed by atoms with Crippen molar-refractivity contribution >= 4 is 11.8 Å². The predicted octanol–water partition coefficient (Wildman–Crippen LogP) is -0.279. The van der Waals surface area contributed by atoms with Gasteiger partial charge in [-0.3, -0.25) is 9.59 Å². The van der Waals surface area contributed by atoms with E-state index in [2.05, 4.69) is 24.5 Å². The molecule has 17 heavy (non-hydrogen) atoms. The summed E-state index contributed by atoms with van der Waals surface area (Å²) >= 11 is 0. The number of rotatable bonds is 1. The molecule has 0 aromatic rings. The van der Waals surface area contributed by atoms with E-state index in [0.29, 0.717) is 31.5 Å². The molecule has 0 radical (unpaired) electrons. The van der Waals surface area contributed by atoms with Crippen LogP contribution in [0.5, 0.6) is 0 Å². The van der Waals surface area contributed by atoms with E-state index in [1.807, 2.05) is 4.90 Å². The van der Waals surface area contributed by atoms with Crippen LogP contribution in [0.3, 0.4) is 0 Å². The third-order valence-corrected chi connectivity index (χ3v) is 3.48. The van der Waals surface area contributed by atoms with Crippen LogP contribution in [0, 0.1) is 5.92 Å². The van der Waals surface area contributed by atoms with Gasteiger partial charge in [0.05, 0.1) is 5.92 Å². The molecule has 2 aliphatic rings. The van der Waals surface area contributed by atoms with Crippen molar-refractivity contribution in [2.24, 2.45) is 5.92 Å². The molecular weight excluding hydrogens is 218 g/mol. The summed E-state index contributed by atoms with van der Waals surface area (Å²) < 4.78 is 0. The van der Waals surface area contributed by atoms with Crippen molar-refractivity contribution in [2.45, 2.75) is 38.8 Å². The second-order valence-electron chi connectivity index (χ2n) is 5.25. The zero-order chi connectivity index (χ0) is 12.4. The van der Waals surface area contributed by atoms with Gasteiger partial charge in [-0.1, -0.05) is 0 Å². The number of nitrogens with zero attached hydrogens (tertiary/aromatic N) is 1. The number of carbonyl (C=O) groups excluding carboxylic acids is 2. The first-order chi connectivity index (χ1) is 8.06. The molecule has 2 saturated heterocycles. The molecule has 0 aliphatic carbocycles. The second kappa shape index (κ2) is 5.04. The van der Waals surface area contributed by atoms with E-state index < -0.39 is 0 Å². The molecule has 0 saturated carbocycles. The molecule has 0 bridgehead atoms. The SMILES string of the molecule is CC1CN(C(=O)C2CCC(=O)NC2)CC(C)N1. The Labute approximate surface area is 102 Å². The monoisotopic (exact) mass is 239 g/mol. The van der Waals surface area contributed by atoms with Crippen LogP contribution in [0.2, 0.25) is 0 Å². The van der Waals surface area contributed by atoms with E-state index >= 15 is 0 Å². The quantitative estimate of drug-likeness (QED) is 0.661. The average Bonchev–Trinajstić information content (AvgIpc) is 2.28. The maximum absolute atomic E-state index is 12.3. The number of hydrogen-bond donors (Lipinski definition) is 2. The molecule has 0 spiro atoms. The van der Waals surface area contributed by atoms with Crippen molar-refractivity contribution < 1.29 is 9.59 Å². The van der Waals surface area contributed by atoms with Crippen LogP contribution in [-0.2, 0) is 9.59 Å². The lowest BCUT2D eigenvalue weighted by atomic mass is 9.96. The highest BCUT2D eigenvalue weighted by atomic mass is 16.2. The van der Waals surface area contributed by atoms with Crippen molar-refractivity contribution in [1.82, 2.24) is 15.5 Å². The molecule has 0 aromatic carbocycles. The first kappa shape index (κ1) is 12.4. The summed E-state index contributed by atoms with van der Waals surface area (Å²) in [6.45, 7) is 6.24. The second-order valence-corrected chi connectivity index (χ2v) is 5.25. The van der Waals surface area contributed by atoms with Crippen LogP contribution in [-0.4, -0.2) is 48.4 Å². The molecule has 2 amide bonds. The number of carbonyl (C=O) groups is 2. The third kappa shape index (κ3) is 2.97. The number of hydrogen-bond acceptors (Lipinski definition) is 3. The summed E-state index contributed by atoms with van der Waals surface area (Å²) in [7, 11) is 0. The van der Waals surface area contributed by atoms with Gasteiger partial charge in [-0.15, -0.1) is 0 Å². The smallest absolute Gasteiger partial charge is 0.227 e. The number of amides is 2. The zero-order valence-corrected chi connectivity index (χ0v) is 10.5. The Bertz CT molecular complexity index is 299. The Morgan fingerprint density at radius 1 is 1.29 bits per heavy atom. The van der Waals surface area contributed by atoms with Gasteiger partial charge in [-0.2, -0.15) is 0 Å². The average molecular weight is 239 g/mol. The molecule has 96 valence electrons. The lowest BCUT2D eigenvalue weighted by Gasteiger charge is -2.38. The highest BCUT2D eigenvalue weighted by molar-refractivity contribution is 5.83. The lowest BCUT2D eigenvalue weighted by molar-refractivity contribution is -0.139. The normalized spacial score (nSPS) is 34.4. The Morgan fingerprint density at radius 2 is 1.94 bits per heavy atom. The van der Waals surface area contributed by atoms with Crippen molar-refractivity contribution in [2.75, 3.05) is 19.6 Å². The molecule has 5 heteroatoms. The topological polar surface area (TPSA) is 61.4 Å². The fraction of sp³-hybridized carbons (Fsp3) is 0.833. The molecule has 3 atom stereocenters. The summed E-state index contributed by atoms with van der Waals surface area (Å²) in [6.07, 6.45) is 1.17. The maximum Gasteiger partial charge on any atom is 0.227 e. The lowest BCUT2D eigenvalue weighted by Crippen LogP contribution is -2.58. The molecular formula is C12H21N3O2. The van der Waals surface area contributed by atoms with Crippen LogP contribution in [0.15, 0.2) is 0 Å². The van der Waals surface area contributed by atoms with Gasteiger partial charge in [0.15, 0.2) is 0 Å². The van der Waals surface area contributed by atoms with Gasteiger partial charge in [0.25, 0.3) is 0 Å². The first-order valence-electron chi connectivity index (χ1n) is 6.38. The third-order valence-electron chi connectivity index (χ3n) is 3.48. The minimum absolute atomic E-state index is 0.0230. The molecule has 3 unspecified atom stereocenters. The zero-order valence-electron chi connectivity index (χ0n) is 10.5. The molecule has 0 aromatic heterocycles. The molecule has 5 nitrogen and oxygen atoms in total. The fourth-order valence-corrected chi connectivity index (χ4v) is 2.71. The molecule has 2 heterocycles. The Balaban J connectivity index is 1.92. The van der Waals surface area contributed by atoms with E-state index in [-0.39, 0.29) is 17.7 Å². The Morgan fingerprint density at radius 3 is 2.47 bits per heavy atom. The molecule has 2 fully saturated rings. The van der Waals surface area contributed by atoms with E-state index in [9.17, 15) is 9.59 Å². The van der Waals surface area contributed by atoms with Gasteiger partial charge in [0.2, 0.25) is 11.8 Å². The van der Waals surface area contributed by atoms with E-state index in [0.717, 1.165) is 13.1 Å². The Hall–Kier alpha value is -1.10. The van der Waals surface area contributed by atoms with Crippen LogP contribution in [0.4, 0.5) is 0 Å². The van der Waals surface area contributed by atoms with Crippen LogP contribution in [0.1, 0.15) is 26.7 Å². The summed E-state index contributed by atoms with van der Waals surface area (Å²) in [6, 6.07) is 0.696. The van der Waals surface area contributed by atoms with Gasteiger partial charge >= 0.3 is 0 Å². The van der Waals surface area contributed by atoms with E-state index in [1.165, 1.54) is 0 Å². The highest BCUT2D eigenvalue weighted by Gasteiger charge is 2.31. The fourth-order valence-electron chi connectivity index (χ4n) is 2.71. The molecule has 2 N–H and O–H groups in total. The Kier molecular flexibility index (Phi) is 3.66. The molecule has 2 aliphatic heterocycles. The van der Waals surface area contributed by atoms with Gasteiger partial charge in [-0.25, -0.2) is 0 Å². The van der Waals surface area contributed by atoms with Crippen molar-refractivity contribution in [1.29, 1.82) is 0 Å². The summed E-state index contributed by atoms with van der Waals surface area (Å²) in [5, 5.41) is 6.18. The summed E-state index contributed by atoms with van der Waals surface area (Å²) in [5.41, 5.74) is 0. The molecule has 2 rings (SSSR count). The standard InChI is InChI=1S/C12H21N3O2/c1-8-6-15(7-9(2)14-8)12(17)10-3-4-11(16)13-5-10/h8-10,14H,3-7H2,1-2H3,(H,13,16). The van der Waals surface area contributed by atoms with Crippen molar-refractivity contribution in [3.63, 3.8) is 0 Å². The van der Waals surface area contributed by atoms with Gasteiger partial charge in [0, 0.05) is 38.1 Å². The summed E-state index contributed by atoms with van der Waals surface area (Å²) in [4.78, 5) is 25.3. The van der Waals surface area contributed by atoms with E-state index in [1.54, 1.807) is 0 Å². The first-order valence-corrected chi connectivity index (χ1v) is 6.38. The van der Waals surface area contributed by atoms with E-state index in [4.69, 9.17) is 0 Å². The van der Waals surface area contributed by atoms with Gasteiger partial charge in [0.1, 0.15) is 0 Å². The highest BCUT2D eigenvalue weighted by Crippen LogP contribution is 2.16. The summed E-state index contributed by atoms with van der Waals surface area (Å²) in [5.74, 6) is 0.242. The van der Waals surface area contributed by atoms with Gasteiger partial charge in [-0.05, 0) is 20.3 Å². The number of piperidine rings is 1. The number of nitrogens with one attached hydrogen (secondary N) is 2. The number of piperazine rings is 1. The van der Waals surface area contributed by atoms with Crippen LogP contribution < -0.4 is 10.6 Å². The minimum atomic E-state index is -0.0230. The van der Waals surface area contributed by atoms with Crippen LogP contribution in [0.25, 0.3) is 0 Å². The van der Waals surface area contributed by atoms with Crippen molar-refractivity contribution in [3.05, 3.63) is 0 Å². The maximum atomic E-state index is 12.3. The van der Waals surface area contributed by atoms with Crippen molar-refractivity contribution in [3.8, 4) is 0 Å². The predicted molar refractivity (Wildman–Crippen MR) is 64.4 cm³/mol. The minimum Gasteiger partial charge on any atom is -0.355 e.